The molecule has 2 aliphatic carbocycles. The molecule has 2 atom stereocenters. The zero-order valence-electron chi connectivity index (χ0n) is 12.0. The van der Waals surface area contributed by atoms with Gasteiger partial charge in [0.15, 0.2) is 0 Å². The van der Waals surface area contributed by atoms with Crippen LogP contribution in [0.5, 0.6) is 0 Å². The molecular formula is C16H28O2. The quantitative estimate of drug-likeness (QED) is 0.735. The molecule has 2 fully saturated rings. The minimum absolute atomic E-state index is 0.0670. The fourth-order valence-electron chi connectivity index (χ4n) is 3.65. The summed E-state index contributed by atoms with van der Waals surface area (Å²) in [4.78, 5) is 12.1. The molecule has 0 aliphatic heterocycles. The molecule has 104 valence electrons. The second-order valence-electron chi connectivity index (χ2n) is 6.41. The van der Waals surface area contributed by atoms with Crippen molar-refractivity contribution in [1.29, 1.82) is 0 Å². The smallest absolute Gasteiger partial charge is 0.144 e. The summed E-state index contributed by atoms with van der Waals surface area (Å²) in [5.74, 6) is 1.12. The predicted octanol–water partition coefficient (Wildman–Crippen LogP) is 4.12. The molecule has 2 heteroatoms. The van der Waals surface area contributed by atoms with Crippen LogP contribution >= 0.6 is 0 Å². The summed E-state index contributed by atoms with van der Waals surface area (Å²) in [5, 5.41) is 0. The summed E-state index contributed by atoms with van der Waals surface area (Å²) < 4.78 is 6.09. The van der Waals surface area contributed by atoms with E-state index in [0.717, 1.165) is 19.4 Å². The first-order chi connectivity index (χ1) is 8.69. The van der Waals surface area contributed by atoms with Gasteiger partial charge in [0, 0.05) is 13.0 Å². The highest BCUT2D eigenvalue weighted by Gasteiger charge is 2.54. The molecule has 0 heterocycles. The molecule has 0 amide bonds. The van der Waals surface area contributed by atoms with Crippen molar-refractivity contribution in [3.63, 3.8) is 0 Å². The van der Waals surface area contributed by atoms with Crippen LogP contribution in [0.3, 0.4) is 0 Å². The molecule has 1 spiro atoms. The lowest BCUT2D eigenvalue weighted by Gasteiger charge is -2.47. The SMILES string of the molecule is CCCC(C)COC1CC(=O)C12CCCCCC2. The molecular weight excluding hydrogens is 224 g/mol. The van der Waals surface area contributed by atoms with Gasteiger partial charge in [-0.25, -0.2) is 0 Å². The minimum atomic E-state index is -0.0670. The fraction of sp³-hybridized carbons (Fsp3) is 0.938. The second kappa shape index (κ2) is 6.18. The zero-order chi connectivity index (χ0) is 13.0. The molecule has 0 aromatic rings. The van der Waals surface area contributed by atoms with E-state index in [2.05, 4.69) is 13.8 Å². The minimum Gasteiger partial charge on any atom is -0.376 e. The van der Waals surface area contributed by atoms with Crippen LogP contribution in [-0.2, 0) is 9.53 Å². The van der Waals surface area contributed by atoms with E-state index in [-0.39, 0.29) is 11.5 Å². The van der Waals surface area contributed by atoms with Crippen LogP contribution in [0.1, 0.15) is 71.6 Å². The highest BCUT2D eigenvalue weighted by Crippen LogP contribution is 2.49. The standard InChI is InChI=1S/C16H28O2/c1-3-8-13(2)12-18-15-11-14(17)16(15)9-6-4-5-7-10-16/h13,15H,3-12H2,1-2H3. The van der Waals surface area contributed by atoms with E-state index in [0.29, 0.717) is 18.1 Å². The van der Waals surface area contributed by atoms with Crippen LogP contribution in [0.4, 0.5) is 0 Å². The zero-order valence-corrected chi connectivity index (χ0v) is 12.0. The summed E-state index contributed by atoms with van der Waals surface area (Å²) in [6.07, 6.45) is 10.6. The van der Waals surface area contributed by atoms with Gasteiger partial charge in [0.25, 0.3) is 0 Å². The van der Waals surface area contributed by atoms with Gasteiger partial charge in [-0.05, 0) is 25.2 Å². The van der Waals surface area contributed by atoms with Gasteiger partial charge in [-0.15, -0.1) is 0 Å². The van der Waals surface area contributed by atoms with E-state index in [1.165, 1.54) is 38.5 Å². The van der Waals surface area contributed by atoms with Crippen molar-refractivity contribution >= 4 is 5.78 Å². The largest absolute Gasteiger partial charge is 0.376 e. The van der Waals surface area contributed by atoms with Gasteiger partial charge in [-0.2, -0.15) is 0 Å². The third-order valence-electron chi connectivity index (χ3n) is 4.90. The van der Waals surface area contributed by atoms with E-state index in [1.54, 1.807) is 0 Å². The Kier molecular flexibility index (Phi) is 4.83. The molecule has 2 nitrogen and oxygen atoms in total. The molecule has 0 N–H and O–H groups in total. The third kappa shape index (κ3) is 2.79. The first-order valence-electron chi connectivity index (χ1n) is 7.84. The highest BCUT2D eigenvalue weighted by atomic mass is 16.5. The van der Waals surface area contributed by atoms with Crippen molar-refractivity contribution in [2.75, 3.05) is 6.61 Å². The van der Waals surface area contributed by atoms with Crippen LogP contribution in [0.15, 0.2) is 0 Å². The summed E-state index contributed by atoms with van der Waals surface area (Å²) in [7, 11) is 0. The molecule has 0 radical (unpaired) electrons. The average molecular weight is 252 g/mol. The Balaban J connectivity index is 1.87. The van der Waals surface area contributed by atoms with E-state index in [9.17, 15) is 4.79 Å². The lowest BCUT2D eigenvalue weighted by atomic mass is 9.60. The Morgan fingerprint density at radius 2 is 1.94 bits per heavy atom. The number of hydrogen-bond donors (Lipinski definition) is 0. The molecule has 2 aliphatic rings. The van der Waals surface area contributed by atoms with Gasteiger partial charge in [-0.3, -0.25) is 4.79 Å². The van der Waals surface area contributed by atoms with Crippen molar-refractivity contribution in [2.24, 2.45) is 11.3 Å². The summed E-state index contributed by atoms with van der Waals surface area (Å²) >= 11 is 0. The molecule has 0 aromatic heterocycles. The molecule has 2 unspecified atom stereocenters. The topological polar surface area (TPSA) is 26.3 Å². The predicted molar refractivity (Wildman–Crippen MR) is 73.6 cm³/mol. The molecule has 18 heavy (non-hydrogen) atoms. The number of ether oxygens (including phenoxy) is 1. The lowest BCUT2D eigenvalue weighted by molar-refractivity contribution is -0.168. The van der Waals surface area contributed by atoms with E-state index in [1.807, 2.05) is 0 Å². The van der Waals surface area contributed by atoms with E-state index in [4.69, 9.17) is 4.74 Å². The van der Waals surface area contributed by atoms with Crippen LogP contribution in [0.2, 0.25) is 0 Å². The number of carbonyl (C=O) groups excluding carboxylic acids is 1. The molecule has 0 bridgehead atoms. The Bertz CT molecular complexity index is 277. The van der Waals surface area contributed by atoms with Crippen molar-refractivity contribution in [3.8, 4) is 0 Å². The summed E-state index contributed by atoms with van der Waals surface area (Å²) in [6, 6.07) is 0. The fourth-order valence-corrected chi connectivity index (χ4v) is 3.65. The Labute approximate surface area is 111 Å². The number of rotatable bonds is 5. The Morgan fingerprint density at radius 3 is 2.50 bits per heavy atom. The first kappa shape index (κ1) is 14.0. The van der Waals surface area contributed by atoms with Gasteiger partial charge < -0.3 is 4.74 Å². The second-order valence-corrected chi connectivity index (χ2v) is 6.41. The third-order valence-corrected chi connectivity index (χ3v) is 4.90. The molecule has 0 aromatic carbocycles. The van der Waals surface area contributed by atoms with Crippen LogP contribution in [0, 0.1) is 11.3 Å². The monoisotopic (exact) mass is 252 g/mol. The van der Waals surface area contributed by atoms with Gasteiger partial charge in [-0.1, -0.05) is 46.0 Å². The Hall–Kier alpha value is -0.370. The van der Waals surface area contributed by atoms with Crippen LogP contribution in [-0.4, -0.2) is 18.5 Å². The van der Waals surface area contributed by atoms with Crippen molar-refractivity contribution in [2.45, 2.75) is 77.7 Å². The maximum Gasteiger partial charge on any atom is 0.144 e. The van der Waals surface area contributed by atoms with E-state index >= 15 is 0 Å². The van der Waals surface area contributed by atoms with Crippen LogP contribution < -0.4 is 0 Å². The molecule has 2 rings (SSSR count). The first-order valence-corrected chi connectivity index (χ1v) is 7.84. The van der Waals surface area contributed by atoms with Gasteiger partial charge in [0.1, 0.15) is 5.78 Å². The maximum atomic E-state index is 12.1. The lowest BCUT2D eigenvalue weighted by Crippen LogP contribution is -2.55. The number of Topliss-reactive ketones (excluding diaryl/α,β-unsaturated/α-hetero) is 1. The summed E-state index contributed by atoms with van der Waals surface area (Å²) in [5.41, 5.74) is -0.0670. The molecule has 0 saturated heterocycles. The summed E-state index contributed by atoms with van der Waals surface area (Å²) in [6.45, 7) is 5.31. The maximum absolute atomic E-state index is 12.1. The average Bonchev–Trinajstić information content (AvgIpc) is 2.62. The Morgan fingerprint density at radius 1 is 1.28 bits per heavy atom. The highest BCUT2D eigenvalue weighted by molar-refractivity contribution is 5.92. The van der Waals surface area contributed by atoms with Crippen LogP contribution in [0.25, 0.3) is 0 Å². The van der Waals surface area contributed by atoms with Gasteiger partial charge in [0.05, 0.1) is 11.5 Å². The molecule has 2 saturated carbocycles. The normalized spacial score (nSPS) is 28.8. The number of ketones is 1. The number of hydrogen-bond acceptors (Lipinski definition) is 2. The van der Waals surface area contributed by atoms with E-state index < -0.39 is 0 Å². The van der Waals surface area contributed by atoms with Gasteiger partial charge in [0.2, 0.25) is 0 Å². The van der Waals surface area contributed by atoms with Crippen molar-refractivity contribution in [1.82, 2.24) is 0 Å². The van der Waals surface area contributed by atoms with Crippen molar-refractivity contribution in [3.05, 3.63) is 0 Å². The van der Waals surface area contributed by atoms with Gasteiger partial charge >= 0.3 is 0 Å². The van der Waals surface area contributed by atoms with Crippen molar-refractivity contribution < 1.29 is 9.53 Å². The number of carbonyl (C=O) groups is 1.